The van der Waals surface area contributed by atoms with Gasteiger partial charge >= 0.3 is 5.97 Å². The molecule has 4 unspecified atom stereocenters. The minimum absolute atomic E-state index is 0.0472. The van der Waals surface area contributed by atoms with Crippen LogP contribution < -0.4 is 30.7 Å². The number of benzene rings is 4. The lowest BCUT2D eigenvalue weighted by atomic mass is 9.81. The van der Waals surface area contributed by atoms with E-state index in [-0.39, 0.29) is 60.7 Å². The molecule has 600 valence electrons. The summed E-state index contributed by atoms with van der Waals surface area (Å²) in [7, 11) is -29.3. The number of unbranched alkanes of at least 4 members (excludes halogenated alkanes) is 2. The van der Waals surface area contributed by atoms with Crippen LogP contribution >= 0.6 is 0 Å². The number of fused-ring (bicyclic) bond motifs is 2. The third-order valence-electron chi connectivity index (χ3n) is 18.7. The van der Waals surface area contributed by atoms with E-state index < -0.39 is 215 Å². The number of rotatable bonds is 34. The summed E-state index contributed by atoms with van der Waals surface area (Å²) in [6.07, 6.45) is -10.2. The predicted molar refractivity (Wildman–Crippen MR) is 378 cm³/mol. The van der Waals surface area contributed by atoms with E-state index in [0.29, 0.717) is 75.6 Å². The fraction of sp³-hybridized carbons (Fsp3) is 0.463. The summed E-state index contributed by atoms with van der Waals surface area (Å²) >= 11 is 0. The summed E-state index contributed by atoms with van der Waals surface area (Å²) in [6, 6.07) is 9.64. The number of halogens is 8. The molecule has 10 N–H and O–H groups in total. The van der Waals surface area contributed by atoms with Crippen molar-refractivity contribution < 1.29 is 137 Å². The Morgan fingerprint density at radius 1 is 0.661 bits per heavy atom. The molecule has 2 aliphatic carbocycles. The summed E-state index contributed by atoms with van der Waals surface area (Å²) < 4.78 is 319. The molecular weight excluding hydrogens is 1590 g/mol. The molecule has 4 aromatic rings. The number of ether oxygens (including phenoxy) is 2. The highest BCUT2D eigenvalue weighted by Crippen LogP contribution is 2.50. The zero-order chi connectivity index (χ0) is 81.1. The molecule has 2 amide bonds. The van der Waals surface area contributed by atoms with Crippen LogP contribution in [0.15, 0.2) is 127 Å². The molecule has 2 heterocycles. The molecule has 42 heteroatoms. The van der Waals surface area contributed by atoms with Crippen molar-refractivity contribution in [3.63, 3.8) is 0 Å². The van der Waals surface area contributed by atoms with Gasteiger partial charge in [-0.05, 0) is 129 Å². The smallest absolute Gasteiger partial charge is 0.326 e. The number of primary sulfonamides is 1. The Morgan fingerprint density at radius 2 is 1.24 bits per heavy atom. The number of aliphatic carboxylic acids is 1. The fourth-order valence-electron chi connectivity index (χ4n) is 13.1. The van der Waals surface area contributed by atoms with Crippen LogP contribution in [0.25, 0.3) is 0 Å². The van der Waals surface area contributed by atoms with Gasteiger partial charge in [-0.15, -0.1) is 0 Å². The Morgan fingerprint density at radius 3 is 1.83 bits per heavy atom. The summed E-state index contributed by atoms with van der Waals surface area (Å²) in [5.41, 5.74) is 0.868. The second-order valence-corrected chi connectivity index (χ2v) is 36.7. The molecule has 0 aromatic heterocycles. The van der Waals surface area contributed by atoms with Crippen LogP contribution in [0.5, 0.6) is 5.75 Å². The van der Waals surface area contributed by atoms with Crippen LogP contribution in [0, 0.1) is 17.5 Å². The molecule has 2 aliphatic heterocycles. The summed E-state index contributed by atoms with van der Waals surface area (Å²) in [4.78, 5) is 34.9. The topological polar surface area (TPSA) is 444 Å². The fourth-order valence-corrected chi connectivity index (χ4v) is 17.4. The highest BCUT2D eigenvalue weighted by Gasteiger charge is 2.55. The van der Waals surface area contributed by atoms with E-state index in [2.05, 4.69) is 10.6 Å². The third kappa shape index (κ3) is 20.9. The van der Waals surface area contributed by atoms with Gasteiger partial charge in [-0.3, -0.25) is 27.8 Å². The van der Waals surface area contributed by atoms with E-state index in [1.807, 2.05) is 37.2 Å². The molecule has 0 bridgehead atoms. The van der Waals surface area contributed by atoms with Gasteiger partial charge in [-0.2, -0.15) is 38.2 Å². The molecule has 0 spiro atoms. The van der Waals surface area contributed by atoms with Crippen molar-refractivity contribution in [3.8, 4) is 5.75 Å². The Hall–Kier alpha value is -7.78. The largest absolute Gasteiger partial charge is 0.480 e. The van der Waals surface area contributed by atoms with Gasteiger partial charge in [-0.1, -0.05) is 32.1 Å². The molecule has 0 radical (unpaired) electrons. The number of amides is 2. The normalized spacial score (nSPS) is 21.4. The Labute approximate surface area is 623 Å². The number of nitrogens with zero attached hydrogens (tertiary/aromatic N) is 2. The third-order valence-corrected chi connectivity index (χ3v) is 24.6. The molecule has 1 fully saturated rings. The molecule has 5 atom stereocenters. The first-order chi connectivity index (χ1) is 50.5. The SMILES string of the molecule is CC1(C)C(/C=C/C2=C(Oc3ccc(C[C@H](NC(=O)CCOCCNC(=O)CCS(=O)(=O)c4c(F)c(F)c(S(N)(=O)=O)c(F)c4NC4C(F)C(F)C(F)C(F)C4F)C(=O)O)cc3)C(=C/C=C3/N(CCCCS(=O)(=O)O)c4ccc(S(=O)(=O)O)cc4C3(C)C)/CCC2)=[N+](CCCCS(=O)(=O)O)c2ccc(S(=O)(=O)O)cc21. The lowest BCUT2D eigenvalue weighted by Crippen LogP contribution is -2.59. The second kappa shape index (κ2) is 34.1. The van der Waals surface area contributed by atoms with Gasteiger partial charge < -0.3 is 35.4 Å². The van der Waals surface area contributed by atoms with Crippen LogP contribution in [-0.2, 0) is 96.7 Å². The molecule has 4 aromatic carbocycles. The summed E-state index contributed by atoms with van der Waals surface area (Å²) in [5.74, 6) is -13.7. The van der Waals surface area contributed by atoms with Gasteiger partial charge in [0.25, 0.3) is 40.5 Å². The first kappa shape index (κ1) is 86.8. The number of anilines is 2. The monoisotopic (exact) mass is 1660 g/mol. The van der Waals surface area contributed by atoms with Crippen molar-refractivity contribution in [1.82, 2.24) is 10.6 Å². The maximum Gasteiger partial charge on any atom is 0.326 e. The zero-order valence-electron chi connectivity index (χ0n) is 58.5. The van der Waals surface area contributed by atoms with E-state index >= 15 is 13.2 Å². The van der Waals surface area contributed by atoms with Gasteiger partial charge in [0.15, 0.2) is 68.8 Å². The first-order valence-electron chi connectivity index (χ1n) is 33.4. The molecule has 28 nitrogen and oxygen atoms in total. The van der Waals surface area contributed by atoms with Crippen LogP contribution in [0.1, 0.15) is 102 Å². The number of carbonyl (C=O) groups is 3. The number of nitrogens with one attached hydrogen (secondary N) is 3. The zero-order valence-corrected chi connectivity index (χ0v) is 63.4. The van der Waals surface area contributed by atoms with Gasteiger partial charge in [-0.25, -0.2) is 61.9 Å². The highest BCUT2D eigenvalue weighted by molar-refractivity contribution is 7.91. The second-order valence-electron chi connectivity index (χ2n) is 27.1. The minimum atomic E-state index is -5.68. The van der Waals surface area contributed by atoms with E-state index in [1.54, 1.807) is 24.3 Å². The van der Waals surface area contributed by atoms with Crippen LogP contribution in [0.2, 0.25) is 0 Å². The van der Waals surface area contributed by atoms with Crippen LogP contribution in [0.4, 0.5) is 52.2 Å². The maximum atomic E-state index is 15.7. The molecule has 1 saturated carbocycles. The van der Waals surface area contributed by atoms with Crippen LogP contribution in [0.3, 0.4) is 0 Å². The average Bonchev–Trinajstić information content (AvgIpc) is 1.74. The first-order valence-corrected chi connectivity index (χ1v) is 42.7. The number of carboxylic acid groups (broad SMARTS) is 1. The number of sulfone groups is 1. The summed E-state index contributed by atoms with van der Waals surface area (Å²) in [6.45, 7) is 6.39. The lowest BCUT2D eigenvalue weighted by Gasteiger charge is -2.37. The van der Waals surface area contributed by atoms with Gasteiger partial charge in [0.1, 0.15) is 29.0 Å². The molecule has 109 heavy (non-hydrogen) atoms. The number of carbonyl (C=O) groups excluding carboxylic acids is 2. The highest BCUT2D eigenvalue weighted by atomic mass is 32.2. The Balaban J connectivity index is 0.984. The standard InChI is InChI=1S/C67H78F8N6O22S6/c1-66(2)43-35-41(108(96,97)98)18-20-46(43)80(27-5-7-31-105(88,89)90)48(66)22-14-38-10-9-11-39(15-23-49-67(3,4)44-36-42(109(99,100)101)19-21-47(44)81(49)28-6-8-32-106(91,92)93)62(38)103-40-16-12-37(13-17-40)34-45(65(84)85)78-51(83)24-29-102-30-26-77-50(82)25-33-104(86,87)64-58(74)57(73)63(107(76,94)95)59(75)61(64)79-60-55(71)53(69)52(68)54(70)56(60)72/h12-23,35-36,45,52-56,60,79H,5-11,24-34H2,1-4H3,(H8-,76,77,78,82,83,84,85,88,89,90,91,92,93,94,95,96,97,98,99,100,101)/p+1/t45-,52?,53?,54?,55?,56?,60?/m0/s1. The number of nitrogens with two attached hydrogens (primary N) is 1. The predicted octanol–water partition coefficient (Wildman–Crippen LogP) is 7.62. The Kier molecular flexibility index (Phi) is 27.1. The number of alkyl halides is 5. The number of hydrogen-bond donors (Lipinski definition) is 9. The maximum absolute atomic E-state index is 15.7. The number of allylic oxidation sites excluding steroid dienone is 7. The van der Waals surface area contributed by atoms with Gasteiger partial charge in [0, 0.05) is 73.3 Å². The number of sulfonamides is 1. The van der Waals surface area contributed by atoms with Crippen molar-refractivity contribution >= 4 is 101 Å². The van der Waals surface area contributed by atoms with Crippen molar-refractivity contribution in [1.29, 1.82) is 0 Å². The van der Waals surface area contributed by atoms with Crippen LogP contribution in [-0.4, -0.2) is 195 Å². The van der Waals surface area contributed by atoms with E-state index in [0.717, 1.165) is 0 Å². The van der Waals surface area contributed by atoms with E-state index in [9.17, 15) is 110 Å². The molecular formula is C67H79F8N6O22S6+. The Bertz CT molecular complexity index is 5090. The average molecular weight is 1660 g/mol. The van der Waals surface area contributed by atoms with E-state index in [4.69, 9.17) is 14.6 Å². The minimum Gasteiger partial charge on any atom is -0.480 e. The molecule has 4 aliphatic rings. The van der Waals surface area contributed by atoms with Gasteiger partial charge in [0.05, 0.1) is 57.4 Å². The number of hydrogen-bond acceptors (Lipinski definition) is 19. The van der Waals surface area contributed by atoms with Gasteiger partial charge in [0.2, 0.25) is 27.5 Å². The molecule has 8 rings (SSSR count). The lowest BCUT2D eigenvalue weighted by molar-refractivity contribution is -0.438. The van der Waals surface area contributed by atoms with Crippen molar-refractivity contribution in [3.05, 3.63) is 142 Å². The summed E-state index contributed by atoms with van der Waals surface area (Å²) in [5, 5.41) is 20.8. The van der Waals surface area contributed by atoms with Crippen molar-refractivity contribution in [2.24, 2.45) is 5.14 Å². The van der Waals surface area contributed by atoms with Crippen molar-refractivity contribution in [2.45, 2.75) is 165 Å². The number of carboxylic acids is 1. The van der Waals surface area contributed by atoms with Crippen molar-refractivity contribution in [2.75, 3.05) is 60.3 Å². The molecule has 0 saturated heterocycles. The van der Waals surface area contributed by atoms with E-state index in [1.165, 1.54) is 66.0 Å². The quantitative estimate of drug-likeness (QED) is 0.00713.